The Morgan fingerprint density at radius 2 is 2.25 bits per heavy atom. The zero-order chi connectivity index (χ0) is 12.0. The van der Waals surface area contributed by atoms with Crippen LogP contribution in [0.3, 0.4) is 0 Å². The summed E-state index contributed by atoms with van der Waals surface area (Å²) in [5.41, 5.74) is 0.164. The molecule has 0 bridgehead atoms. The van der Waals surface area contributed by atoms with Crippen molar-refractivity contribution in [1.82, 2.24) is 10.3 Å². The first-order valence-electron chi connectivity index (χ1n) is 4.70. The van der Waals surface area contributed by atoms with Crippen LogP contribution in [0.25, 0.3) is 0 Å². The number of carbonyl (C=O) groups is 2. The van der Waals surface area contributed by atoms with Crippen molar-refractivity contribution in [2.24, 2.45) is 0 Å². The summed E-state index contributed by atoms with van der Waals surface area (Å²) in [6.45, 7) is 1.79. The Morgan fingerprint density at radius 1 is 1.50 bits per heavy atom. The smallest absolute Gasteiger partial charge is 0.325 e. The molecule has 1 amide bonds. The predicted molar refractivity (Wildman–Crippen MR) is 58.2 cm³/mol. The minimum atomic E-state index is -0.488. The second-order valence-electron chi connectivity index (χ2n) is 2.83. The third kappa shape index (κ3) is 3.86. The van der Waals surface area contributed by atoms with Crippen LogP contribution in [-0.2, 0) is 9.53 Å². The maximum Gasteiger partial charge on any atom is 0.325 e. The lowest BCUT2D eigenvalue weighted by Gasteiger charge is -2.04. The van der Waals surface area contributed by atoms with Crippen LogP contribution in [0.4, 0.5) is 0 Å². The van der Waals surface area contributed by atoms with Crippen molar-refractivity contribution >= 4 is 23.5 Å². The van der Waals surface area contributed by atoms with Crippen molar-refractivity contribution in [2.45, 2.75) is 6.92 Å². The lowest BCUT2D eigenvalue weighted by molar-refractivity contribution is -0.141. The van der Waals surface area contributed by atoms with E-state index in [1.54, 1.807) is 19.1 Å². The number of carbonyl (C=O) groups excluding carboxylic acids is 2. The van der Waals surface area contributed by atoms with Gasteiger partial charge in [0.1, 0.15) is 17.4 Å². The highest BCUT2D eigenvalue weighted by atomic mass is 35.5. The van der Waals surface area contributed by atoms with E-state index in [-0.39, 0.29) is 24.0 Å². The van der Waals surface area contributed by atoms with E-state index in [1.165, 1.54) is 6.07 Å². The Bertz CT molecular complexity index is 395. The Balaban J connectivity index is 2.50. The van der Waals surface area contributed by atoms with E-state index in [0.29, 0.717) is 0 Å². The van der Waals surface area contributed by atoms with Gasteiger partial charge >= 0.3 is 5.97 Å². The van der Waals surface area contributed by atoms with Gasteiger partial charge < -0.3 is 10.1 Å². The lowest BCUT2D eigenvalue weighted by Crippen LogP contribution is -2.31. The molecule has 1 aromatic rings. The molecule has 0 aliphatic carbocycles. The average Bonchev–Trinajstić information content (AvgIpc) is 2.26. The number of halogens is 1. The molecule has 16 heavy (non-hydrogen) atoms. The highest BCUT2D eigenvalue weighted by Gasteiger charge is 2.09. The van der Waals surface area contributed by atoms with Gasteiger partial charge in [0.15, 0.2) is 0 Å². The molecule has 0 spiro atoms. The van der Waals surface area contributed by atoms with Crippen LogP contribution in [0.15, 0.2) is 18.2 Å². The Hall–Kier alpha value is -1.62. The number of amides is 1. The molecule has 0 atom stereocenters. The minimum Gasteiger partial charge on any atom is -0.465 e. The van der Waals surface area contributed by atoms with Gasteiger partial charge in [-0.1, -0.05) is 17.7 Å². The number of rotatable bonds is 4. The van der Waals surface area contributed by atoms with Gasteiger partial charge in [-0.3, -0.25) is 9.59 Å². The third-order valence-electron chi connectivity index (χ3n) is 1.65. The molecule has 1 N–H and O–H groups in total. The molecule has 0 unspecified atom stereocenters. The van der Waals surface area contributed by atoms with E-state index in [4.69, 9.17) is 11.6 Å². The van der Waals surface area contributed by atoms with Gasteiger partial charge in [0.25, 0.3) is 5.91 Å². The predicted octanol–water partition coefficient (Wildman–Crippen LogP) is 1.03. The van der Waals surface area contributed by atoms with Gasteiger partial charge in [0.05, 0.1) is 6.61 Å². The quantitative estimate of drug-likeness (QED) is 0.633. The lowest BCUT2D eigenvalue weighted by atomic mass is 10.3. The minimum absolute atomic E-state index is 0.164. The van der Waals surface area contributed by atoms with Crippen molar-refractivity contribution in [3.63, 3.8) is 0 Å². The molecular weight excluding hydrogens is 232 g/mol. The fourth-order valence-corrected chi connectivity index (χ4v) is 1.15. The summed E-state index contributed by atoms with van der Waals surface area (Å²) < 4.78 is 4.65. The molecule has 86 valence electrons. The molecule has 0 aliphatic rings. The van der Waals surface area contributed by atoms with Gasteiger partial charge in [-0.15, -0.1) is 0 Å². The maximum absolute atomic E-state index is 11.5. The molecule has 0 saturated heterocycles. The van der Waals surface area contributed by atoms with E-state index in [2.05, 4.69) is 15.0 Å². The normalized spacial score (nSPS) is 9.62. The van der Waals surface area contributed by atoms with Crippen molar-refractivity contribution in [2.75, 3.05) is 13.2 Å². The van der Waals surface area contributed by atoms with Gasteiger partial charge in [0.2, 0.25) is 0 Å². The zero-order valence-electron chi connectivity index (χ0n) is 8.70. The fourth-order valence-electron chi connectivity index (χ4n) is 0.990. The molecule has 6 heteroatoms. The second kappa shape index (κ2) is 6.07. The van der Waals surface area contributed by atoms with Crippen molar-refractivity contribution in [3.8, 4) is 0 Å². The highest BCUT2D eigenvalue weighted by molar-refractivity contribution is 6.29. The molecular formula is C10H11ClN2O3. The SMILES string of the molecule is CCOC(=O)CNC(=O)c1cccc(Cl)n1. The molecule has 1 heterocycles. The first kappa shape index (κ1) is 12.4. The standard InChI is InChI=1S/C10H11ClN2O3/c1-2-16-9(14)6-12-10(15)7-4-3-5-8(11)13-7/h3-5H,2,6H2,1H3,(H,12,15). The van der Waals surface area contributed by atoms with Gasteiger partial charge in [-0.2, -0.15) is 0 Å². The van der Waals surface area contributed by atoms with E-state index in [0.717, 1.165) is 0 Å². The molecule has 5 nitrogen and oxygen atoms in total. The van der Waals surface area contributed by atoms with E-state index in [1.807, 2.05) is 0 Å². The van der Waals surface area contributed by atoms with Gasteiger partial charge in [0, 0.05) is 0 Å². The van der Waals surface area contributed by atoms with Crippen LogP contribution in [0.2, 0.25) is 5.15 Å². The third-order valence-corrected chi connectivity index (χ3v) is 1.86. The maximum atomic E-state index is 11.5. The van der Waals surface area contributed by atoms with Gasteiger partial charge in [-0.25, -0.2) is 4.98 Å². The summed E-state index contributed by atoms with van der Waals surface area (Å²) in [6, 6.07) is 4.67. The molecule has 1 aromatic heterocycles. The van der Waals surface area contributed by atoms with Gasteiger partial charge in [-0.05, 0) is 19.1 Å². The van der Waals surface area contributed by atoms with E-state index < -0.39 is 11.9 Å². The molecule has 0 aromatic carbocycles. The molecule has 0 saturated carbocycles. The number of hydrogen-bond donors (Lipinski definition) is 1. The van der Waals surface area contributed by atoms with Crippen LogP contribution in [0, 0.1) is 0 Å². The van der Waals surface area contributed by atoms with Crippen LogP contribution >= 0.6 is 11.6 Å². The molecule has 0 radical (unpaired) electrons. The van der Waals surface area contributed by atoms with Crippen LogP contribution < -0.4 is 5.32 Å². The van der Waals surface area contributed by atoms with Crippen molar-refractivity contribution < 1.29 is 14.3 Å². The summed E-state index contributed by atoms with van der Waals surface area (Å²) in [7, 11) is 0. The van der Waals surface area contributed by atoms with Crippen molar-refractivity contribution in [1.29, 1.82) is 0 Å². The summed E-state index contributed by atoms with van der Waals surface area (Å²) in [5.74, 6) is -0.951. The number of nitrogens with one attached hydrogen (secondary N) is 1. The molecule has 1 rings (SSSR count). The number of esters is 1. The van der Waals surface area contributed by atoms with Crippen LogP contribution in [-0.4, -0.2) is 30.0 Å². The van der Waals surface area contributed by atoms with Crippen LogP contribution in [0.1, 0.15) is 17.4 Å². The monoisotopic (exact) mass is 242 g/mol. The Morgan fingerprint density at radius 3 is 2.88 bits per heavy atom. The fraction of sp³-hybridized carbons (Fsp3) is 0.300. The number of aromatic nitrogens is 1. The summed E-state index contributed by atoms with van der Waals surface area (Å²) in [6.07, 6.45) is 0. The largest absolute Gasteiger partial charge is 0.465 e. The number of pyridine rings is 1. The van der Waals surface area contributed by atoms with Crippen LogP contribution in [0.5, 0.6) is 0 Å². The van der Waals surface area contributed by atoms with Crippen molar-refractivity contribution in [3.05, 3.63) is 29.0 Å². The topological polar surface area (TPSA) is 68.3 Å². The summed E-state index contributed by atoms with van der Waals surface area (Å²) >= 11 is 5.62. The summed E-state index contributed by atoms with van der Waals surface area (Å²) in [4.78, 5) is 26.2. The second-order valence-corrected chi connectivity index (χ2v) is 3.22. The zero-order valence-corrected chi connectivity index (χ0v) is 9.45. The Labute approximate surface area is 97.8 Å². The average molecular weight is 243 g/mol. The first-order valence-corrected chi connectivity index (χ1v) is 5.07. The van der Waals surface area contributed by atoms with E-state index >= 15 is 0 Å². The summed E-state index contributed by atoms with van der Waals surface area (Å²) in [5, 5.41) is 2.60. The molecule has 0 fully saturated rings. The highest BCUT2D eigenvalue weighted by Crippen LogP contribution is 2.04. The molecule has 0 aliphatic heterocycles. The van der Waals surface area contributed by atoms with E-state index in [9.17, 15) is 9.59 Å². The number of nitrogens with zero attached hydrogens (tertiary/aromatic N) is 1. The number of hydrogen-bond acceptors (Lipinski definition) is 4. The number of ether oxygens (including phenoxy) is 1. The Kier molecular flexibility index (Phi) is 4.72. The first-order chi connectivity index (χ1) is 7.63.